The van der Waals surface area contributed by atoms with Gasteiger partial charge >= 0.3 is 0 Å². The lowest BCUT2D eigenvalue weighted by Gasteiger charge is -2.11. The molecule has 1 heterocycles. The van der Waals surface area contributed by atoms with Crippen LogP contribution in [0.3, 0.4) is 0 Å². The van der Waals surface area contributed by atoms with Gasteiger partial charge in [0.15, 0.2) is 0 Å². The number of benzene rings is 3. The Bertz CT molecular complexity index is 1090. The van der Waals surface area contributed by atoms with Gasteiger partial charge in [0.25, 0.3) is 0 Å². The second-order valence-electron chi connectivity index (χ2n) is 7.64. The second kappa shape index (κ2) is 8.04. The summed E-state index contributed by atoms with van der Waals surface area (Å²) in [7, 11) is 0. The van der Waals surface area contributed by atoms with E-state index in [1.165, 1.54) is 50.0 Å². The van der Waals surface area contributed by atoms with Crippen molar-refractivity contribution < 1.29 is 0 Å². The van der Waals surface area contributed by atoms with E-state index in [4.69, 9.17) is 5.73 Å². The monoisotopic (exact) mass is 368 g/mol. The lowest BCUT2D eigenvalue weighted by molar-refractivity contribution is 0.748. The summed E-state index contributed by atoms with van der Waals surface area (Å²) in [6, 6.07) is 23.9. The molecule has 0 aliphatic carbocycles. The Morgan fingerprint density at radius 2 is 1.54 bits per heavy atom. The van der Waals surface area contributed by atoms with Crippen molar-refractivity contribution in [2.45, 2.75) is 33.1 Å². The molecule has 3 N–H and O–H groups in total. The van der Waals surface area contributed by atoms with E-state index in [1.54, 1.807) is 0 Å². The Balaban J connectivity index is 1.94. The van der Waals surface area contributed by atoms with Gasteiger partial charge in [-0.1, -0.05) is 66.2 Å². The van der Waals surface area contributed by atoms with Crippen molar-refractivity contribution in [3.05, 3.63) is 83.4 Å². The van der Waals surface area contributed by atoms with Gasteiger partial charge in [-0.3, -0.25) is 0 Å². The molecule has 1 aromatic heterocycles. The SMILES string of the molecule is Cc1cc(C)c2[nH]c(-c3ccccc3-c3ccccc3)c(CCCCN)c2c1. The fraction of sp³-hybridized carbons (Fsp3) is 0.231. The first-order chi connectivity index (χ1) is 13.7. The fourth-order valence-corrected chi connectivity index (χ4v) is 4.21. The number of rotatable bonds is 6. The van der Waals surface area contributed by atoms with Gasteiger partial charge < -0.3 is 10.7 Å². The quantitative estimate of drug-likeness (QED) is 0.380. The topological polar surface area (TPSA) is 41.8 Å². The molecule has 0 aliphatic heterocycles. The lowest BCUT2D eigenvalue weighted by atomic mass is 9.93. The first-order valence-electron chi connectivity index (χ1n) is 10.2. The maximum Gasteiger partial charge on any atom is 0.0503 e. The molecule has 0 aliphatic rings. The summed E-state index contributed by atoms with van der Waals surface area (Å²) in [6.45, 7) is 5.12. The van der Waals surface area contributed by atoms with E-state index in [1.807, 2.05) is 0 Å². The van der Waals surface area contributed by atoms with E-state index < -0.39 is 0 Å². The summed E-state index contributed by atoms with van der Waals surface area (Å²) in [5.74, 6) is 0. The first kappa shape index (κ1) is 18.5. The highest BCUT2D eigenvalue weighted by molar-refractivity contribution is 5.96. The Morgan fingerprint density at radius 3 is 2.29 bits per heavy atom. The molecule has 2 nitrogen and oxygen atoms in total. The van der Waals surface area contributed by atoms with Crippen LogP contribution in [0.4, 0.5) is 0 Å². The summed E-state index contributed by atoms with van der Waals surface area (Å²) in [5, 5.41) is 1.35. The van der Waals surface area contributed by atoms with Crippen molar-refractivity contribution in [2.75, 3.05) is 6.54 Å². The zero-order valence-electron chi connectivity index (χ0n) is 16.8. The van der Waals surface area contributed by atoms with Crippen LogP contribution in [0.5, 0.6) is 0 Å². The van der Waals surface area contributed by atoms with Crippen LogP contribution in [-0.4, -0.2) is 11.5 Å². The number of aromatic amines is 1. The van der Waals surface area contributed by atoms with Gasteiger partial charge in [0.05, 0.1) is 5.69 Å². The van der Waals surface area contributed by atoms with Crippen LogP contribution in [0, 0.1) is 13.8 Å². The molecule has 28 heavy (non-hydrogen) atoms. The molecule has 0 unspecified atom stereocenters. The summed E-state index contributed by atoms with van der Waals surface area (Å²) >= 11 is 0. The normalized spacial score (nSPS) is 11.2. The zero-order valence-corrected chi connectivity index (χ0v) is 16.8. The van der Waals surface area contributed by atoms with Crippen molar-refractivity contribution in [3.8, 4) is 22.4 Å². The smallest absolute Gasteiger partial charge is 0.0503 e. The fourth-order valence-electron chi connectivity index (χ4n) is 4.21. The Hall–Kier alpha value is -2.84. The first-order valence-corrected chi connectivity index (χ1v) is 10.2. The van der Waals surface area contributed by atoms with Crippen molar-refractivity contribution in [1.82, 2.24) is 4.98 Å². The lowest BCUT2D eigenvalue weighted by Crippen LogP contribution is -1.99. The van der Waals surface area contributed by atoms with Crippen LogP contribution >= 0.6 is 0 Å². The highest BCUT2D eigenvalue weighted by Gasteiger charge is 2.17. The maximum absolute atomic E-state index is 5.77. The molecular formula is C26H28N2. The average Bonchev–Trinajstić information content (AvgIpc) is 3.07. The van der Waals surface area contributed by atoms with Gasteiger partial charge in [-0.2, -0.15) is 0 Å². The highest BCUT2D eigenvalue weighted by atomic mass is 14.7. The standard InChI is InChI=1S/C26H28N2/c1-18-16-19(2)25-24(17-18)23(14-8-9-15-27)26(28-25)22-13-7-6-12-21(22)20-10-4-3-5-11-20/h3-7,10-13,16-17,28H,8-9,14-15,27H2,1-2H3. The number of fused-ring (bicyclic) bond motifs is 1. The van der Waals surface area contributed by atoms with E-state index in [0.29, 0.717) is 0 Å². The summed E-state index contributed by atoms with van der Waals surface area (Å²) in [5.41, 5.74) is 16.1. The molecular weight excluding hydrogens is 340 g/mol. The molecule has 4 rings (SSSR count). The van der Waals surface area contributed by atoms with Crippen LogP contribution in [0.25, 0.3) is 33.3 Å². The molecule has 0 saturated carbocycles. The Labute approximate surface area is 167 Å². The summed E-state index contributed by atoms with van der Waals surface area (Å²) in [6.07, 6.45) is 3.20. The highest BCUT2D eigenvalue weighted by Crippen LogP contribution is 2.38. The zero-order chi connectivity index (χ0) is 19.5. The van der Waals surface area contributed by atoms with Crippen molar-refractivity contribution in [1.29, 1.82) is 0 Å². The van der Waals surface area contributed by atoms with Crippen LogP contribution in [-0.2, 0) is 6.42 Å². The molecule has 0 spiro atoms. The number of nitrogens with one attached hydrogen (secondary N) is 1. The second-order valence-corrected chi connectivity index (χ2v) is 7.64. The van der Waals surface area contributed by atoms with E-state index in [0.717, 1.165) is 25.8 Å². The molecule has 2 heteroatoms. The third kappa shape index (κ3) is 3.48. The number of nitrogens with two attached hydrogens (primary N) is 1. The van der Waals surface area contributed by atoms with Crippen LogP contribution < -0.4 is 5.73 Å². The third-order valence-corrected chi connectivity index (χ3v) is 5.52. The summed E-state index contributed by atoms with van der Waals surface area (Å²) < 4.78 is 0. The van der Waals surface area contributed by atoms with E-state index in [2.05, 4.69) is 85.6 Å². The molecule has 0 fully saturated rings. The van der Waals surface area contributed by atoms with E-state index in [-0.39, 0.29) is 0 Å². The van der Waals surface area contributed by atoms with Gasteiger partial charge in [0, 0.05) is 16.5 Å². The molecule has 4 aromatic rings. The largest absolute Gasteiger partial charge is 0.354 e. The molecule has 0 amide bonds. The van der Waals surface area contributed by atoms with Crippen LogP contribution in [0.1, 0.15) is 29.5 Å². The molecule has 3 aromatic carbocycles. The van der Waals surface area contributed by atoms with Crippen LogP contribution in [0.15, 0.2) is 66.7 Å². The average molecular weight is 369 g/mol. The minimum Gasteiger partial charge on any atom is -0.354 e. The van der Waals surface area contributed by atoms with Gasteiger partial charge in [-0.05, 0) is 68.0 Å². The van der Waals surface area contributed by atoms with Crippen LogP contribution in [0.2, 0.25) is 0 Å². The van der Waals surface area contributed by atoms with Gasteiger partial charge in [-0.25, -0.2) is 0 Å². The minimum absolute atomic E-state index is 0.746. The molecule has 0 radical (unpaired) electrons. The third-order valence-electron chi connectivity index (χ3n) is 5.52. The Kier molecular flexibility index (Phi) is 5.31. The predicted octanol–water partition coefficient (Wildman–Crippen LogP) is 6.40. The van der Waals surface area contributed by atoms with Gasteiger partial charge in [0.1, 0.15) is 0 Å². The molecule has 0 saturated heterocycles. The van der Waals surface area contributed by atoms with E-state index >= 15 is 0 Å². The number of unbranched alkanes of at least 4 members (excludes halogenated alkanes) is 1. The molecule has 0 bridgehead atoms. The predicted molar refractivity (Wildman–Crippen MR) is 121 cm³/mol. The van der Waals surface area contributed by atoms with Crippen molar-refractivity contribution in [2.24, 2.45) is 5.73 Å². The minimum atomic E-state index is 0.746. The summed E-state index contributed by atoms with van der Waals surface area (Å²) in [4.78, 5) is 3.78. The van der Waals surface area contributed by atoms with E-state index in [9.17, 15) is 0 Å². The number of aromatic nitrogens is 1. The number of aryl methyl sites for hydroxylation is 3. The number of hydrogen-bond acceptors (Lipinski definition) is 1. The van der Waals surface area contributed by atoms with Gasteiger partial charge in [0.2, 0.25) is 0 Å². The number of H-pyrrole nitrogens is 1. The van der Waals surface area contributed by atoms with Crippen molar-refractivity contribution in [3.63, 3.8) is 0 Å². The number of hydrogen-bond donors (Lipinski definition) is 2. The van der Waals surface area contributed by atoms with Crippen molar-refractivity contribution >= 4 is 10.9 Å². The maximum atomic E-state index is 5.77. The van der Waals surface area contributed by atoms with Gasteiger partial charge in [-0.15, -0.1) is 0 Å². The Morgan fingerprint density at radius 1 is 0.821 bits per heavy atom. The molecule has 0 atom stereocenters. The molecule has 142 valence electrons.